The van der Waals surface area contributed by atoms with Gasteiger partial charge in [0.1, 0.15) is 5.82 Å². The van der Waals surface area contributed by atoms with Crippen molar-refractivity contribution in [3.63, 3.8) is 0 Å². The van der Waals surface area contributed by atoms with E-state index in [-0.39, 0.29) is 0 Å². The van der Waals surface area contributed by atoms with E-state index in [0.717, 1.165) is 24.3 Å². The first-order valence-electron chi connectivity index (χ1n) is 3.11. The number of aromatic nitrogens is 2. The third-order valence-corrected chi connectivity index (χ3v) is 1.70. The number of halogens is 1. The van der Waals surface area contributed by atoms with Crippen LogP contribution in [0, 0.1) is 0 Å². The normalized spacial score (nSPS) is 14.5. The lowest BCUT2D eigenvalue weighted by atomic mass is 10.3. The maximum Gasteiger partial charge on any atom is 0.224 e. The van der Waals surface area contributed by atoms with Gasteiger partial charge in [-0.25, -0.2) is 9.97 Å². The minimum absolute atomic E-state index is 0.313. The summed E-state index contributed by atoms with van der Waals surface area (Å²) in [5, 5.41) is 3.42. The molecule has 4 heteroatoms. The first kappa shape index (κ1) is 5.92. The molecule has 0 bridgehead atoms. The summed E-state index contributed by atoms with van der Waals surface area (Å²) >= 11 is 5.56. The standard InChI is InChI=1S/C6H6ClN3/c7-6-9-3-4-1-2-8-5(4)10-6/h3H,1-2H2,(H,8,9,10). The average molecular weight is 156 g/mol. The fraction of sp³-hybridized carbons (Fsp3) is 0.333. The molecule has 1 N–H and O–H groups in total. The average Bonchev–Trinajstić information content (AvgIpc) is 2.33. The summed E-state index contributed by atoms with van der Waals surface area (Å²) in [7, 11) is 0. The molecule has 0 saturated carbocycles. The van der Waals surface area contributed by atoms with Gasteiger partial charge < -0.3 is 5.32 Å². The second kappa shape index (κ2) is 2.09. The molecule has 2 heterocycles. The topological polar surface area (TPSA) is 37.8 Å². The van der Waals surface area contributed by atoms with Gasteiger partial charge in [0.25, 0.3) is 0 Å². The van der Waals surface area contributed by atoms with Crippen molar-refractivity contribution < 1.29 is 0 Å². The predicted octanol–water partition coefficient (Wildman–Crippen LogP) is 1.10. The molecule has 0 saturated heterocycles. The van der Waals surface area contributed by atoms with Gasteiger partial charge in [-0.1, -0.05) is 0 Å². The molecule has 2 rings (SSSR count). The van der Waals surface area contributed by atoms with E-state index < -0.39 is 0 Å². The van der Waals surface area contributed by atoms with E-state index in [2.05, 4.69) is 15.3 Å². The molecule has 10 heavy (non-hydrogen) atoms. The third-order valence-electron chi connectivity index (χ3n) is 1.52. The number of anilines is 1. The predicted molar refractivity (Wildman–Crippen MR) is 39.2 cm³/mol. The van der Waals surface area contributed by atoms with Crippen LogP contribution in [0.2, 0.25) is 5.28 Å². The number of hydrogen-bond acceptors (Lipinski definition) is 3. The Labute approximate surface area is 63.4 Å². The van der Waals surface area contributed by atoms with Crippen LogP contribution in [0.15, 0.2) is 6.20 Å². The maximum absolute atomic E-state index is 5.56. The van der Waals surface area contributed by atoms with E-state index >= 15 is 0 Å². The van der Waals surface area contributed by atoms with Gasteiger partial charge in [-0.15, -0.1) is 0 Å². The highest BCUT2D eigenvalue weighted by molar-refractivity contribution is 6.28. The van der Waals surface area contributed by atoms with Gasteiger partial charge in [-0.05, 0) is 18.0 Å². The number of hydrogen-bond donors (Lipinski definition) is 1. The van der Waals surface area contributed by atoms with Crippen molar-refractivity contribution in [2.45, 2.75) is 6.42 Å². The number of fused-ring (bicyclic) bond motifs is 1. The second-order valence-electron chi connectivity index (χ2n) is 2.19. The summed E-state index contributed by atoms with van der Waals surface area (Å²) in [5.74, 6) is 0.889. The highest BCUT2D eigenvalue weighted by atomic mass is 35.5. The van der Waals surface area contributed by atoms with Crippen LogP contribution in [0.4, 0.5) is 5.82 Å². The van der Waals surface area contributed by atoms with Gasteiger partial charge >= 0.3 is 0 Å². The van der Waals surface area contributed by atoms with Gasteiger partial charge in [-0.3, -0.25) is 0 Å². The van der Waals surface area contributed by atoms with Crippen molar-refractivity contribution in [2.75, 3.05) is 11.9 Å². The molecule has 0 aromatic carbocycles. The summed E-state index contributed by atoms with van der Waals surface area (Å²) in [6.45, 7) is 0.949. The summed E-state index contributed by atoms with van der Waals surface area (Å²) in [6, 6.07) is 0. The first-order chi connectivity index (χ1) is 4.86. The van der Waals surface area contributed by atoms with Crippen LogP contribution in [0.5, 0.6) is 0 Å². The molecule has 0 atom stereocenters. The van der Waals surface area contributed by atoms with Gasteiger partial charge in [0.15, 0.2) is 0 Å². The number of nitrogens with zero attached hydrogens (tertiary/aromatic N) is 2. The Morgan fingerprint density at radius 1 is 1.60 bits per heavy atom. The fourth-order valence-corrected chi connectivity index (χ4v) is 1.17. The third kappa shape index (κ3) is 0.827. The Morgan fingerprint density at radius 3 is 3.40 bits per heavy atom. The zero-order chi connectivity index (χ0) is 6.97. The highest BCUT2D eigenvalue weighted by Gasteiger charge is 2.11. The number of nitrogens with one attached hydrogen (secondary N) is 1. The molecule has 0 spiro atoms. The van der Waals surface area contributed by atoms with Crippen LogP contribution in [-0.2, 0) is 6.42 Å². The van der Waals surface area contributed by atoms with Crippen LogP contribution in [0.3, 0.4) is 0 Å². The minimum Gasteiger partial charge on any atom is -0.369 e. The zero-order valence-electron chi connectivity index (χ0n) is 5.26. The van der Waals surface area contributed by atoms with E-state index in [9.17, 15) is 0 Å². The molecule has 0 radical (unpaired) electrons. The number of rotatable bonds is 0. The lowest BCUT2D eigenvalue weighted by molar-refractivity contribution is 1.09. The Bertz CT molecular complexity index is 261. The lowest BCUT2D eigenvalue weighted by Gasteiger charge is -1.95. The summed E-state index contributed by atoms with van der Waals surface area (Å²) in [5.41, 5.74) is 1.16. The summed E-state index contributed by atoms with van der Waals surface area (Å²) in [6.07, 6.45) is 2.77. The molecule has 3 nitrogen and oxygen atoms in total. The Hall–Kier alpha value is -0.830. The van der Waals surface area contributed by atoms with E-state index in [1.54, 1.807) is 6.20 Å². The van der Waals surface area contributed by atoms with E-state index in [1.165, 1.54) is 0 Å². The Balaban J connectivity index is 2.52. The van der Waals surface area contributed by atoms with E-state index in [1.807, 2.05) is 0 Å². The molecule has 0 amide bonds. The largest absolute Gasteiger partial charge is 0.369 e. The van der Waals surface area contributed by atoms with Crippen molar-refractivity contribution in [3.05, 3.63) is 17.0 Å². The van der Waals surface area contributed by atoms with Crippen molar-refractivity contribution in [1.82, 2.24) is 9.97 Å². The molecule has 0 unspecified atom stereocenters. The van der Waals surface area contributed by atoms with E-state index in [0.29, 0.717) is 5.28 Å². The molecule has 52 valence electrons. The molecule has 0 aliphatic carbocycles. The molecule has 1 aromatic rings. The second-order valence-corrected chi connectivity index (χ2v) is 2.53. The van der Waals surface area contributed by atoms with Crippen molar-refractivity contribution in [1.29, 1.82) is 0 Å². The van der Waals surface area contributed by atoms with Crippen LogP contribution in [0.1, 0.15) is 5.56 Å². The van der Waals surface area contributed by atoms with Gasteiger partial charge in [0, 0.05) is 18.3 Å². The lowest BCUT2D eigenvalue weighted by Crippen LogP contribution is -1.93. The molecular weight excluding hydrogens is 150 g/mol. The Morgan fingerprint density at radius 2 is 2.50 bits per heavy atom. The SMILES string of the molecule is Clc1ncc2c(n1)NCC2. The van der Waals surface area contributed by atoms with Crippen molar-refractivity contribution in [2.24, 2.45) is 0 Å². The maximum atomic E-state index is 5.56. The molecule has 1 aliphatic heterocycles. The van der Waals surface area contributed by atoms with Gasteiger partial charge in [-0.2, -0.15) is 0 Å². The van der Waals surface area contributed by atoms with Gasteiger partial charge in [0.05, 0.1) is 0 Å². The summed E-state index contributed by atoms with van der Waals surface area (Å²) < 4.78 is 0. The molecule has 1 aromatic heterocycles. The minimum atomic E-state index is 0.313. The molecule has 1 aliphatic rings. The molecule has 0 fully saturated rings. The smallest absolute Gasteiger partial charge is 0.224 e. The van der Waals surface area contributed by atoms with E-state index in [4.69, 9.17) is 11.6 Å². The quantitative estimate of drug-likeness (QED) is 0.571. The summed E-state index contributed by atoms with van der Waals surface area (Å²) in [4.78, 5) is 7.86. The zero-order valence-corrected chi connectivity index (χ0v) is 6.02. The van der Waals surface area contributed by atoms with Crippen LogP contribution < -0.4 is 5.32 Å². The van der Waals surface area contributed by atoms with Gasteiger partial charge in [0.2, 0.25) is 5.28 Å². The van der Waals surface area contributed by atoms with Crippen LogP contribution in [0.25, 0.3) is 0 Å². The monoisotopic (exact) mass is 155 g/mol. The van der Waals surface area contributed by atoms with Crippen molar-refractivity contribution in [3.8, 4) is 0 Å². The highest BCUT2D eigenvalue weighted by Crippen LogP contribution is 2.18. The Kier molecular flexibility index (Phi) is 1.24. The van der Waals surface area contributed by atoms with Crippen LogP contribution >= 0.6 is 11.6 Å². The van der Waals surface area contributed by atoms with Crippen LogP contribution in [-0.4, -0.2) is 16.5 Å². The molecular formula is C6H6ClN3. The first-order valence-corrected chi connectivity index (χ1v) is 3.49. The fourth-order valence-electron chi connectivity index (χ4n) is 1.04. The van der Waals surface area contributed by atoms with Crippen molar-refractivity contribution >= 4 is 17.4 Å².